The van der Waals surface area contributed by atoms with Crippen LogP contribution in [0.4, 0.5) is 5.13 Å². The lowest BCUT2D eigenvalue weighted by molar-refractivity contribution is 0.0583. The van der Waals surface area contributed by atoms with Crippen LogP contribution in [-0.4, -0.2) is 79.4 Å². The predicted octanol–water partition coefficient (Wildman–Crippen LogP) is 1.55. The first kappa shape index (κ1) is 19.6. The van der Waals surface area contributed by atoms with Crippen LogP contribution < -0.4 is 5.32 Å². The van der Waals surface area contributed by atoms with E-state index in [0.29, 0.717) is 36.9 Å². The molecule has 1 aromatic heterocycles. The van der Waals surface area contributed by atoms with Gasteiger partial charge in [-0.3, -0.25) is 9.69 Å². The molecule has 0 aromatic carbocycles. The van der Waals surface area contributed by atoms with Crippen molar-refractivity contribution in [3.63, 3.8) is 0 Å². The molecule has 26 heavy (non-hydrogen) atoms. The molecule has 0 bridgehead atoms. The Kier molecular flexibility index (Phi) is 6.19. The Labute approximate surface area is 159 Å². The molecule has 1 aromatic rings. The molecule has 2 aliphatic heterocycles. The number of aromatic nitrogens is 1. The molecular formula is C17H28N4O3S2. The average Bonchev–Trinajstić information content (AvgIpc) is 3.20. The fourth-order valence-electron chi connectivity index (χ4n) is 3.44. The van der Waals surface area contributed by atoms with E-state index in [0.717, 1.165) is 31.2 Å². The van der Waals surface area contributed by atoms with Crippen molar-refractivity contribution in [2.24, 2.45) is 5.92 Å². The topological polar surface area (TPSA) is 82.6 Å². The van der Waals surface area contributed by atoms with Crippen LogP contribution >= 0.6 is 11.3 Å². The predicted molar refractivity (Wildman–Crippen MR) is 105 cm³/mol. The smallest absolute Gasteiger partial charge is 0.273 e. The van der Waals surface area contributed by atoms with Gasteiger partial charge in [-0.05, 0) is 18.8 Å². The summed E-state index contributed by atoms with van der Waals surface area (Å²) in [5.74, 6) is 1.16. The summed E-state index contributed by atoms with van der Waals surface area (Å²) < 4.78 is 23.3. The maximum absolute atomic E-state index is 12.7. The van der Waals surface area contributed by atoms with Crippen molar-refractivity contribution in [2.75, 3.05) is 49.5 Å². The summed E-state index contributed by atoms with van der Waals surface area (Å²) in [5, 5.41) is 5.89. The van der Waals surface area contributed by atoms with Crippen LogP contribution in [0, 0.1) is 5.92 Å². The second-order valence-corrected chi connectivity index (χ2v) is 10.6. The molecule has 3 heterocycles. The number of nitrogens with one attached hydrogen (secondary N) is 1. The normalized spacial score (nSPS) is 23.5. The minimum absolute atomic E-state index is 0.0307. The van der Waals surface area contributed by atoms with E-state index in [-0.39, 0.29) is 17.7 Å². The molecule has 2 aliphatic rings. The van der Waals surface area contributed by atoms with E-state index in [9.17, 15) is 13.2 Å². The van der Waals surface area contributed by atoms with Gasteiger partial charge in [0, 0.05) is 44.1 Å². The molecule has 0 saturated carbocycles. The summed E-state index contributed by atoms with van der Waals surface area (Å²) >= 11 is 1.47. The van der Waals surface area contributed by atoms with Crippen molar-refractivity contribution in [1.29, 1.82) is 0 Å². The lowest BCUT2D eigenvalue weighted by atomic mass is 10.1. The third-order valence-corrected chi connectivity index (χ3v) is 7.60. The highest BCUT2D eigenvalue weighted by atomic mass is 32.2. The molecular weight excluding hydrogens is 372 g/mol. The highest BCUT2D eigenvalue weighted by molar-refractivity contribution is 7.91. The number of hydrogen-bond acceptors (Lipinski definition) is 7. The van der Waals surface area contributed by atoms with E-state index in [4.69, 9.17) is 0 Å². The number of hydrogen-bond donors (Lipinski definition) is 1. The Morgan fingerprint density at radius 2 is 2.08 bits per heavy atom. The Bertz CT molecular complexity index is 724. The van der Waals surface area contributed by atoms with Crippen molar-refractivity contribution in [3.8, 4) is 0 Å². The van der Waals surface area contributed by atoms with Gasteiger partial charge in [0.05, 0.1) is 11.5 Å². The van der Waals surface area contributed by atoms with Crippen molar-refractivity contribution >= 4 is 32.2 Å². The number of amides is 1. The fourth-order valence-corrected chi connectivity index (χ4v) is 5.91. The van der Waals surface area contributed by atoms with Gasteiger partial charge in [-0.25, -0.2) is 13.4 Å². The summed E-state index contributed by atoms with van der Waals surface area (Å²) in [6.45, 7) is 7.94. The Morgan fingerprint density at radius 3 is 2.69 bits per heavy atom. The summed E-state index contributed by atoms with van der Waals surface area (Å²) in [6.07, 6.45) is 1.79. The van der Waals surface area contributed by atoms with Gasteiger partial charge in [0.2, 0.25) is 0 Å². The summed E-state index contributed by atoms with van der Waals surface area (Å²) in [7, 11) is -2.87. The quantitative estimate of drug-likeness (QED) is 0.780. The van der Waals surface area contributed by atoms with E-state index < -0.39 is 9.84 Å². The molecule has 0 spiro atoms. The zero-order chi connectivity index (χ0) is 18.7. The molecule has 1 unspecified atom stereocenters. The third-order valence-electron chi connectivity index (χ3n) is 5.05. The van der Waals surface area contributed by atoms with Crippen molar-refractivity contribution in [3.05, 3.63) is 11.1 Å². The number of carbonyl (C=O) groups is 1. The maximum atomic E-state index is 12.7. The highest BCUT2D eigenvalue weighted by Gasteiger charge is 2.34. The van der Waals surface area contributed by atoms with Gasteiger partial charge in [-0.15, -0.1) is 11.3 Å². The maximum Gasteiger partial charge on any atom is 0.273 e. The van der Waals surface area contributed by atoms with Crippen LogP contribution in [0.5, 0.6) is 0 Å². The molecule has 2 saturated heterocycles. The van der Waals surface area contributed by atoms with E-state index >= 15 is 0 Å². The lowest BCUT2D eigenvalue weighted by Crippen LogP contribution is -2.52. The minimum atomic E-state index is -2.87. The zero-order valence-corrected chi connectivity index (χ0v) is 17.1. The third kappa shape index (κ3) is 4.95. The van der Waals surface area contributed by atoms with Crippen molar-refractivity contribution in [2.45, 2.75) is 32.7 Å². The van der Waals surface area contributed by atoms with Gasteiger partial charge in [0.15, 0.2) is 15.0 Å². The number of anilines is 1. The van der Waals surface area contributed by atoms with Gasteiger partial charge < -0.3 is 10.2 Å². The first-order valence-electron chi connectivity index (χ1n) is 9.27. The van der Waals surface area contributed by atoms with Crippen LogP contribution in [0.25, 0.3) is 0 Å². The first-order chi connectivity index (χ1) is 12.3. The molecule has 1 atom stereocenters. The molecule has 2 fully saturated rings. The standard InChI is InChI=1S/C17H28N4O3S2/c1-13(2)3-5-18-17-19-15(11-25-17)16(22)21-8-6-20(7-9-21)14-4-10-26(23,24)12-14/h11,13-14H,3-10,12H2,1-2H3,(H,18,19). The fraction of sp³-hybridized carbons (Fsp3) is 0.765. The largest absolute Gasteiger partial charge is 0.361 e. The van der Waals surface area contributed by atoms with Crippen LogP contribution in [0.2, 0.25) is 0 Å². The Hall–Kier alpha value is -1.19. The second kappa shape index (κ2) is 8.22. The van der Waals surface area contributed by atoms with Crippen molar-refractivity contribution in [1.82, 2.24) is 14.8 Å². The SMILES string of the molecule is CC(C)CCNc1nc(C(=O)N2CCN(C3CCS(=O)(=O)C3)CC2)cs1. The zero-order valence-electron chi connectivity index (χ0n) is 15.5. The Balaban J connectivity index is 1.48. The number of thiazole rings is 1. The molecule has 7 nitrogen and oxygen atoms in total. The van der Waals surface area contributed by atoms with Gasteiger partial charge in [-0.2, -0.15) is 0 Å². The van der Waals surface area contributed by atoms with Crippen LogP contribution in [0.3, 0.4) is 0 Å². The molecule has 0 radical (unpaired) electrons. The van der Waals surface area contributed by atoms with E-state index in [1.54, 1.807) is 0 Å². The van der Waals surface area contributed by atoms with Gasteiger partial charge >= 0.3 is 0 Å². The van der Waals surface area contributed by atoms with Crippen molar-refractivity contribution < 1.29 is 13.2 Å². The number of nitrogens with zero attached hydrogens (tertiary/aromatic N) is 3. The summed E-state index contributed by atoms with van der Waals surface area (Å²) in [4.78, 5) is 21.1. The van der Waals surface area contributed by atoms with Crippen LogP contribution in [0.1, 0.15) is 37.2 Å². The number of carbonyl (C=O) groups excluding carboxylic acids is 1. The van der Waals surface area contributed by atoms with E-state index in [1.807, 2.05) is 10.3 Å². The van der Waals surface area contributed by atoms with Crippen LogP contribution in [-0.2, 0) is 9.84 Å². The molecule has 146 valence electrons. The summed E-state index contributed by atoms with van der Waals surface area (Å²) in [6, 6.07) is 0.119. The van der Waals surface area contributed by atoms with E-state index in [1.165, 1.54) is 11.3 Å². The molecule has 0 aliphatic carbocycles. The lowest BCUT2D eigenvalue weighted by Gasteiger charge is -2.37. The minimum Gasteiger partial charge on any atom is -0.361 e. The number of piperazine rings is 1. The summed E-state index contributed by atoms with van der Waals surface area (Å²) in [5.41, 5.74) is 0.499. The second-order valence-electron chi connectivity index (χ2n) is 7.53. The number of sulfone groups is 1. The first-order valence-corrected chi connectivity index (χ1v) is 12.0. The van der Waals surface area contributed by atoms with Gasteiger partial charge in [-0.1, -0.05) is 13.8 Å². The van der Waals surface area contributed by atoms with E-state index in [2.05, 4.69) is 29.0 Å². The van der Waals surface area contributed by atoms with Gasteiger partial charge in [0.25, 0.3) is 5.91 Å². The molecule has 3 rings (SSSR count). The molecule has 1 N–H and O–H groups in total. The highest BCUT2D eigenvalue weighted by Crippen LogP contribution is 2.21. The molecule has 1 amide bonds. The average molecular weight is 401 g/mol. The van der Waals surface area contributed by atoms with Crippen LogP contribution in [0.15, 0.2) is 5.38 Å². The van der Waals surface area contributed by atoms with Gasteiger partial charge in [0.1, 0.15) is 5.69 Å². The Morgan fingerprint density at radius 1 is 1.35 bits per heavy atom. The number of rotatable bonds is 6. The monoisotopic (exact) mass is 400 g/mol. The molecule has 9 heteroatoms.